The van der Waals surface area contributed by atoms with Crippen molar-refractivity contribution in [3.05, 3.63) is 41.5 Å². The number of benzene rings is 1. The van der Waals surface area contributed by atoms with Gasteiger partial charge in [0.2, 0.25) is 0 Å². The second-order valence-electron chi connectivity index (χ2n) is 5.15. The molecule has 3 N–H and O–H groups in total. The summed E-state index contributed by atoms with van der Waals surface area (Å²) < 4.78 is 5.15. The average molecular weight is 288 g/mol. The minimum atomic E-state index is 0.767. The van der Waals surface area contributed by atoms with Crippen LogP contribution in [0.2, 0.25) is 0 Å². The molecule has 0 unspecified atom stereocenters. The summed E-state index contributed by atoms with van der Waals surface area (Å²) in [6.45, 7) is 0.767. The molecule has 21 heavy (non-hydrogen) atoms. The molecule has 0 fully saturated rings. The quantitative estimate of drug-likeness (QED) is 0.694. The highest BCUT2D eigenvalue weighted by atomic mass is 16.5. The van der Waals surface area contributed by atoms with Crippen LogP contribution in [0, 0.1) is 0 Å². The van der Waals surface area contributed by atoms with Gasteiger partial charge < -0.3 is 10.5 Å². The van der Waals surface area contributed by atoms with Crippen molar-refractivity contribution in [2.45, 2.75) is 38.5 Å². The van der Waals surface area contributed by atoms with Crippen molar-refractivity contribution in [3.63, 3.8) is 0 Å². The lowest BCUT2D eigenvalue weighted by Crippen LogP contribution is -1.98. The molecule has 0 saturated heterocycles. The Morgan fingerprint density at radius 1 is 1.05 bits per heavy atom. The monoisotopic (exact) mass is 288 g/mol. The highest BCUT2D eigenvalue weighted by Gasteiger charge is 2.04. The molecule has 1 aromatic heterocycles. The van der Waals surface area contributed by atoms with Gasteiger partial charge in [0.1, 0.15) is 11.6 Å². The number of aryl methyl sites for hydroxylation is 3. The maximum Gasteiger partial charge on any atom is 0.151 e. The van der Waals surface area contributed by atoms with Gasteiger partial charge in [-0.1, -0.05) is 18.6 Å². The summed E-state index contributed by atoms with van der Waals surface area (Å²) >= 11 is 0. The van der Waals surface area contributed by atoms with Crippen LogP contribution in [0.4, 0.5) is 0 Å². The van der Waals surface area contributed by atoms with Gasteiger partial charge in [-0.05, 0) is 43.5 Å². The third kappa shape index (κ3) is 5.19. The molecular weight excluding hydrogens is 264 g/mol. The molecule has 1 aromatic carbocycles. The fourth-order valence-electron chi connectivity index (χ4n) is 2.22. The van der Waals surface area contributed by atoms with Gasteiger partial charge in [-0.25, -0.2) is 4.98 Å². The van der Waals surface area contributed by atoms with E-state index in [1.807, 2.05) is 12.1 Å². The Hall–Kier alpha value is -1.88. The fourth-order valence-corrected chi connectivity index (χ4v) is 2.22. The highest BCUT2D eigenvalue weighted by Crippen LogP contribution is 2.12. The summed E-state index contributed by atoms with van der Waals surface area (Å²) in [7, 11) is 1.68. The first-order valence-corrected chi connectivity index (χ1v) is 7.55. The zero-order chi connectivity index (χ0) is 14.9. The van der Waals surface area contributed by atoms with E-state index in [-0.39, 0.29) is 0 Å². The normalized spacial score (nSPS) is 10.8. The maximum absolute atomic E-state index is 5.48. The molecule has 5 heteroatoms. The largest absolute Gasteiger partial charge is 0.497 e. The number of nitrogens with two attached hydrogens (primary N) is 1. The molecule has 0 atom stereocenters. The highest BCUT2D eigenvalue weighted by molar-refractivity contribution is 5.27. The van der Waals surface area contributed by atoms with E-state index in [4.69, 9.17) is 10.5 Å². The first-order valence-electron chi connectivity index (χ1n) is 7.55. The van der Waals surface area contributed by atoms with E-state index in [0.717, 1.165) is 62.5 Å². The molecule has 0 aliphatic rings. The van der Waals surface area contributed by atoms with E-state index in [0.29, 0.717) is 0 Å². The molecule has 0 saturated carbocycles. The summed E-state index contributed by atoms with van der Waals surface area (Å²) in [4.78, 5) is 4.53. The Kier molecular flexibility index (Phi) is 6.22. The van der Waals surface area contributed by atoms with Crippen molar-refractivity contribution in [3.8, 4) is 5.75 Å². The Morgan fingerprint density at radius 3 is 2.57 bits per heavy atom. The Balaban J connectivity index is 1.76. The van der Waals surface area contributed by atoms with Crippen LogP contribution in [0.3, 0.4) is 0 Å². The van der Waals surface area contributed by atoms with Crippen molar-refractivity contribution in [1.82, 2.24) is 15.2 Å². The summed E-state index contributed by atoms with van der Waals surface area (Å²) in [5.74, 6) is 2.76. The molecular formula is C16H24N4O. The van der Waals surface area contributed by atoms with E-state index in [2.05, 4.69) is 27.3 Å². The molecule has 0 spiro atoms. The van der Waals surface area contributed by atoms with Crippen LogP contribution in [0.1, 0.15) is 36.5 Å². The average Bonchev–Trinajstić information content (AvgIpc) is 2.98. The molecule has 1 heterocycles. The van der Waals surface area contributed by atoms with Gasteiger partial charge in [-0.2, -0.15) is 5.10 Å². The summed E-state index contributed by atoms with van der Waals surface area (Å²) in [5.41, 5.74) is 6.75. The lowest BCUT2D eigenvalue weighted by atomic mass is 10.1. The summed E-state index contributed by atoms with van der Waals surface area (Å²) in [6, 6.07) is 8.13. The minimum absolute atomic E-state index is 0.767. The van der Waals surface area contributed by atoms with Crippen molar-refractivity contribution < 1.29 is 4.74 Å². The number of unbranched alkanes of at least 4 members (excludes halogenated alkanes) is 2. The zero-order valence-corrected chi connectivity index (χ0v) is 12.6. The van der Waals surface area contributed by atoms with Gasteiger partial charge in [-0.3, -0.25) is 5.10 Å². The van der Waals surface area contributed by atoms with Gasteiger partial charge in [0.15, 0.2) is 5.82 Å². The Labute approximate surface area is 125 Å². The van der Waals surface area contributed by atoms with Gasteiger partial charge >= 0.3 is 0 Å². The van der Waals surface area contributed by atoms with Crippen molar-refractivity contribution in [2.24, 2.45) is 5.73 Å². The third-order valence-electron chi connectivity index (χ3n) is 3.49. The van der Waals surface area contributed by atoms with E-state index in [1.165, 1.54) is 5.56 Å². The van der Waals surface area contributed by atoms with Crippen molar-refractivity contribution in [1.29, 1.82) is 0 Å². The third-order valence-corrected chi connectivity index (χ3v) is 3.49. The van der Waals surface area contributed by atoms with Gasteiger partial charge in [0.25, 0.3) is 0 Å². The molecule has 2 aromatic rings. The zero-order valence-electron chi connectivity index (χ0n) is 12.6. The topological polar surface area (TPSA) is 76.8 Å². The SMILES string of the molecule is COc1ccc(CCc2n[nH]c(CCCCCN)n2)cc1. The van der Waals surface area contributed by atoms with E-state index in [9.17, 15) is 0 Å². The smallest absolute Gasteiger partial charge is 0.151 e. The summed E-state index contributed by atoms with van der Waals surface area (Å²) in [6.07, 6.45) is 6.09. The van der Waals surface area contributed by atoms with Gasteiger partial charge in [0.05, 0.1) is 7.11 Å². The number of hydrogen-bond acceptors (Lipinski definition) is 4. The molecule has 114 valence electrons. The number of methoxy groups -OCH3 is 1. The minimum Gasteiger partial charge on any atom is -0.497 e. The van der Waals surface area contributed by atoms with Crippen molar-refractivity contribution in [2.75, 3.05) is 13.7 Å². The molecule has 0 bridgehead atoms. The van der Waals surface area contributed by atoms with Crippen LogP contribution in [-0.4, -0.2) is 28.8 Å². The Bertz CT molecular complexity index is 521. The molecule has 2 rings (SSSR count). The number of hydrogen-bond donors (Lipinski definition) is 2. The lowest BCUT2D eigenvalue weighted by molar-refractivity contribution is 0.414. The number of ether oxygens (including phenoxy) is 1. The number of aromatic amines is 1. The first kappa shape index (κ1) is 15.5. The standard InChI is InChI=1S/C16H24N4O/c1-21-14-9-6-13(7-10-14)8-11-16-18-15(19-20-16)5-3-2-4-12-17/h6-7,9-10H,2-5,8,11-12,17H2,1H3,(H,18,19,20). The second-order valence-corrected chi connectivity index (χ2v) is 5.15. The van der Waals surface area contributed by atoms with E-state index >= 15 is 0 Å². The number of rotatable bonds is 9. The van der Waals surface area contributed by atoms with Crippen LogP contribution < -0.4 is 10.5 Å². The fraction of sp³-hybridized carbons (Fsp3) is 0.500. The maximum atomic E-state index is 5.48. The first-order chi connectivity index (χ1) is 10.3. The van der Waals surface area contributed by atoms with Crippen LogP contribution in [0.15, 0.2) is 24.3 Å². The van der Waals surface area contributed by atoms with Crippen molar-refractivity contribution >= 4 is 0 Å². The Morgan fingerprint density at radius 2 is 1.86 bits per heavy atom. The predicted molar refractivity (Wildman–Crippen MR) is 83.4 cm³/mol. The number of nitrogens with zero attached hydrogens (tertiary/aromatic N) is 2. The molecule has 0 aliphatic heterocycles. The number of H-pyrrole nitrogens is 1. The van der Waals surface area contributed by atoms with Crippen LogP contribution in [-0.2, 0) is 19.3 Å². The van der Waals surface area contributed by atoms with Gasteiger partial charge in [0, 0.05) is 12.8 Å². The molecule has 0 radical (unpaired) electrons. The van der Waals surface area contributed by atoms with Crippen LogP contribution >= 0.6 is 0 Å². The van der Waals surface area contributed by atoms with Crippen LogP contribution in [0.5, 0.6) is 5.75 Å². The summed E-state index contributed by atoms with van der Waals surface area (Å²) in [5, 5.41) is 7.30. The van der Waals surface area contributed by atoms with Gasteiger partial charge in [-0.15, -0.1) is 0 Å². The molecule has 5 nitrogen and oxygen atoms in total. The predicted octanol–water partition coefficient (Wildman–Crippen LogP) is 2.27. The van der Waals surface area contributed by atoms with E-state index in [1.54, 1.807) is 7.11 Å². The number of aromatic nitrogens is 3. The van der Waals surface area contributed by atoms with Crippen LogP contribution in [0.25, 0.3) is 0 Å². The lowest BCUT2D eigenvalue weighted by Gasteiger charge is -2.01. The molecule has 0 aliphatic carbocycles. The second kappa shape index (κ2) is 8.42. The molecule has 0 amide bonds. The number of nitrogens with one attached hydrogen (secondary N) is 1. The van der Waals surface area contributed by atoms with E-state index < -0.39 is 0 Å².